The lowest BCUT2D eigenvalue weighted by atomic mass is 10.4. The fourth-order valence-electron chi connectivity index (χ4n) is 2.05. The Morgan fingerprint density at radius 1 is 1.00 bits per heavy atom. The van der Waals surface area contributed by atoms with E-state index in [9.17, 15) is 0 Å². The largest absolute Gasteiger partial charge is 0.346 e. The Morgan fingerprint density at radius 3 is 1.71 bits per heavy atom. The minimum Gasteiger partial charge on any atom is -0.346 e. The van der Waals surface area contributed by atoms with Crippen LogP contribution < -0.4 is 0 Å². The van der Waals surface area contributed by atoms with Crippen LogP contribution in [0.2, 0.25) is 39.3 Å². The molecular formula is C10H27NSi3. The monoisotopic (exact) mass is 245 g/mol. The predicted octanol–water partition coefficient (Wildman–Crippen LogP) is 2.23. The predicted molar refractivity (Wildman–Crippen MR) is 77.1 cm³/mol. The third kappa shape index (κ3) is 5.29. The second kappa shape index (κ2) is 5.44. The standard InChI is InChI=1S/C10H27NSi3/c1-13(2,3)11(14(4,5)6)9-7-8-10-12/h8,10H,7,9H2,1-6,12H3. The fraction of sp³-hybridized carbons (Fsp3) is 0.800. The normalized spacial score (nSPS) is 14.5. The summed E-state index contributed by atoms with van der Waals surface area (Å²) in [5.74, 6) is 0. The molecule has 0 aromatic rings. The lowest BCUT2D eigenvalue weighted by Crippen LogP contribution is -2.59. The topological polar surface area (TPSA) is 3.24 Å². The van der Waals surface area contributed by atoms with E-state index in [1.54, 1.807) is 0 Å². The summed E-state index contributed by atoms with van der Waals surface area (Å²) in [6.45, 7) is 16.1. The molecule has 0 aliphatic heterocycles. The van der Waals surface area contributed by atoms with Crippen LogP contribution in [0.1, 0.15) is 6.42 Å². The molecule has 0 aliphatic rings. The molecule has 0 radical (unpaired) electrons. The molecule has 1 nitrogen and oxygen atoms in total. The van der Waals surface area contributed by atoms with Gasteiger partial charge in [-0.15, -0.1) is 5.70 Å². The molecule has 0 aromatic carbocycles. The summed E-state index contributed by atoms with van der Waals surface area (Å²) in [6, 6.07) is 0. The molecule has 0 spiro atoms. The molecule has 0 amide bonds. The van der Waals surface area contributed by atoms with Gasteiger partial charge < -0.3 is 4.23 Å². The van der Waals surface area contributed by atoms with Gasteiger partial charge in [0.15, 0.2) is 0 Å². The van der Waals surface area contributed by atoms with Crippen molar-refractivity contribution in [3.05, 3.63) is 11.8 Å². The zero-order valence-corrected chi connectivity index (χ0v) is 15.0. The first-order valence-electron chi connectivity index (χ1n) is 5.58. The van der Waals surface area contributed by atoms with E-state index < -0.39 is 16.5 Å². The maximum absolute atomic E-state index is 2.85. The van der Waals surface area contributed by atoms with Gasteiger partial charge in [0.25, 0.3) is 0 Å². The first-order valence-corrected chi connectivity index (χ1v) is 13.6. The third-order valence-corrected chi connectivity index (χ3v) is 10.6. The maximum atomic E-state index is 2.85. The van der Waals surface area contributed by atoms with Crippen LogP contribution in [0.5, 0.6) is 0 Å². The van der Waals surface area contributed by atoms with Gasteiger partial charge in [0, 0.05) is 10.2 Å². The van der Waals surface area contributed by atoms with E-state index >= 15 is 0 Å². The average Bonchev–Trinajstić information content (AvgIpc) is 1.92. The molecule has 0 saturated heterocycles. The minimum atomic E-state index is -1.10. The summed E-state index contributed by atoms with van der Waals surface area (Å²) in [4.78, 5) is 0. The van der Waals surface area contributed by atoms with Crippen molar-refractivity contribution < 1.29 is 0 Å². The molecule has 0 bridgehead atoms. The summed E-state index contributed by atoms with van der Waals surface area (Å²) in [5.41, 5.74) is 2.30. The van der Waals surface area contributed by atoms with Crippen molar-refractivity contribution in [1.82, 2.24) is 4.23 Å². The van der Waals surface area contributed by atoms with Crippen LogP contribution in [-0.4, -0.2) is 37.5 Å². The van der Waals surface area contributed by atoms with E-state index in [-0.39, 0.29) is 0 Å². The van der Waals surface area contributed by atoms with Gasteiger partial charge in [-0.05, 0) is 13.0 Å². The Labute approximate surface area is 95.2 Å². The van der Waals surface area contributed by atoms with Crippen molar-refractivity contribution in [3.8, 4) is 0 Å². The molecule has 0 atom stereocenters. The third-order valence-electron chi connectivity index (χ3n) is 2.37. The number of rotatable bonds is 5. The van der Waals surface area contributed by atoms with E-state index in [1.807, 2.05) is 0 Å². The van der Waals surface area contributed by atoms with Gasteiger partial charge in [0.2, 0.25) is 0 Å². The van der Waals surface area contributed by atoms with Crippen LogP contribution in [-0.2, 0) is 0 Å². The van der Waals surface area contributed by atoms with Crippen molar-refractivity contribution in [2.75, 3.05) is 6.54 Å². The van der Waals surface area contributed by atoms with Crippen molar-refractivity contribution in [1.29, 1.82) is 0 Å². The second-order valence-corrected chi connectivity index (χ2v) is 16.7. The van der Waals surface area contributed by atoms with Crippen molar-refractivity contribution in [3.63, 3.8) is 0 Å². The van der Waals surface area contributed by atoms with Gasteiger partial charge in [-0.25, -0.2) is 0 Å². The van der Waals surface area contributed by atoms with E-state index in [2.05, 4.69) is 55.3 Å². The lowest BCUT2D eigenvalue weighted by molar-refractivity contribution is 0.620. The molecule has 0 unspecified atom stereocenters. The molecule has 0 N–H and O–H groups in total. The highest BCUT2D eigenvalue weighted by molar-refractivity contribution is 6.89. The summed E-state index contributed by atoms with van der Waals surface area (Å²) < 4.78 is 2.85. The van der Waals surface area contributed by atoms with E-state index in [1.165, 1.54) is 23.2 Å². The molecule has 0 aromatic heterocycles. The SMILES string of the molecule is C[Si](C)(C)N(CCC=C[SiH3])[Si](C)(C)C. The van der Waals surface area contributed by atoms with Crippen molar-refractivity contribution >= 4 is 26.7 Å². The Kier molecular flexibility index (Phi) is 5.57. The molecule has 14 heavy (non-hydrogen) atoms. The van der Waals surface area contributed by atoms with Crippen LogP contribution in [0.3, 0.4) is 0 Å². The van der Waals surface area contributed by atoms with Gasteiger partial charge >= 0.3 is 0 Å². The van der Waals surface area contributed by atoms with Crippen LogP contribution in [0.15, 0.2) is 11.8 Å². The first-order chi connectivity index (χ1) is 6.19. The summed E-state index contributed by atoms with van der Waals surface area (Å²) in [6.07, 6.45) is 3.59. The Bertz CT molecular complexity index is 175. The van der Waals surface area contributed by atoms with Crippen LogP contribution in [0.25, 0.3) is 0 Å². The highest BCUT2D eigenvalue weighted by Crippen LogP contribution is 2.19. The Morgan fingerprint density at radius 2 is 1.43 bits per heavy atom. The molecule has 0 fully saturated rings. The zero-order chi connectivity index (χ0) is 11.4. The molecule has 84 valence electrons. The fourth-order valence-corrected chi connectivity index (χ4v) is 12.0. The summed E-state index contributed by atoms with van der Waals surface area (Å²) in [5, 5.41) is 0. The highest BCUT2D eigenvalue weighted by atomic mass is 28.4. The van der Waals surface area contributed by atoms with Crippen molar-refractivity contribution in [2.45, 2.75) is 45.7 Å². The number of hydrogen-bond donors (Lipinski definition) is 0. The van der Waals surface area contributed by atoms with Crippen molar-refractivity contribution in [2.24, 2.45) is 0 Å². The van der Waals surface area contributed by atoms with Crippen LogP contribution in [0.4, 0.5) is 0 Å². The molecule has 4 heteroatoms. The number of hydrogen-bond acceptors (Lipinski definition) is 1. The minimum absolute atomic E-state index is 1.10. The van der Waals surface area contributed by atoms with Crippen LogP contribution in [0, 0.1) is 0 Å². The summed E-state index contributed by atoms with van der Waals surface area (Å²) in [7, 11) is -0.998. The number of nitrogens with zero attached hydrogens (tertiary/aromatic N) is 1. The molecule has 0 saturated carbocycles. The molecule has 0 heterocycles. The summed E-state index contributed by atoms with van der Waals surface area (Å²) >= 11 is 0. The highest BCUT2D eigenvalue weighted by Gasteiger charge is 2.33. The van der Waals surface area contributed by atoms with Gasteiger partial charge in [-0.2, -0.15) is 0 Å². The van der Waals surface area contributed by atoms with Gasteiger partial charge in [0.05, 0.1) is 0 Å². The molecule has 0 aliphatic carbocycles. The zero-order valence-electron chi connectivity index (χ0n) is 11.0. The smallest absolute Gasteiger partial charge is 0.112 e. The average molecular weight is 246 g/mol. The van der Waals surface area contributed by atoms with Gasteiger partial charge in [0.1, 0.15) is 16.5 Å². The lowest BCUT2D eigenvalue weighted by Gasteiger charge is -2.43. The second-order valence-electron chi connectivity index (χ2n) is 5.85. The first kappa shape index (κ1) is 14.4. The van der Waals surface area contributed by atoms with E-state index in [0.29, 0.717) is 0 Å². The quantitative estimate of drug-likeness (QED) is 0.672. The van der Waals surface area contributed by atoms with Crippen LogP contribution >= 0.6 is 0 Å². The maximum Gasteiger partial charge on any atom is 0.112 e. The Balaban J connectivity index is 4.43. The van der Waals surface area contributed by atoms with E-state index in [0.717, 1.165) is 0 Å². The van der Waals surface area contributed by atoms with E-state index in [4.69, 9.17) is 0 Å². The van der Waals surface area contributed by atoms with Gasteiger partial charge in [-0.1, -0.05) is 45.4 Å². The Hall–Kier alpha value is 0.351. The molecular weight excluding hydrogens is 218 g/mol. The van der Waals surface area contributed by atoms with Gasteiger partial charge in [-0.3, -0.25) is 0 Å². The molecule has 0 rings (SSSR count).